The lowest BCUT2D eigenvalue weighted by Crippen LogP contribution is -2.69. The van der Waals surface area contributed by atoms with Gasteiger partial charge in [-0.15, -0.1) is 0 Å². The van der Waals surface area contributed by atoms with Crippen LogP contribution in [-0.2, 0) is 0 Å². The minimum atomic E-state index is -0.996. The average Bonchev–Trinajstić information content (AvgIpc) is 2.96. The molecule has 3 aliphatic heterocycles. The smallest absolute Gasteiger partial charge is 0.337 e. The van der Waals surface area contributed by atoms with Gasteiger partial charge in [-0.25, -0.2) is 14.8 Å². The van der Waals surface area contributed by atoms with Gasteiger partial charge in [0.05, 0.1) is 46.4 Å². The molecule has 9 heteroatoms. The van der Waals surface area contributed by atoms with Gasteiger partial charge in [0.1, 0.15) is 6.07 Å². The van der Waals surface area contributed by atoms with Crippen molar-refractivity contribution in [3.63, 3.8) is 0 Å². The molecular formula is C31H27N7O2. The van der Waals surface area contributed by atoms with Crippen LogP contribution in [0.4, 0.5) is 17.2 Å². The Hall–Kier alpha value is -5.15. The Morgan fingerprint density at radius 1 is 1.05 bits per heavy atom. The minimum absolute atomic E-state index is 0.195. The highest BCUT2D eigenvalue weighted by atomic mass is 16.4. The summed E-state index contributed by atoms with van der Waals surface area (Å²) in [5.41, 5.74) is 5.95. The number of piperazine rings is 1. The highest BCUT2D eigenvalue weighted by Crippen LogP contribution is 2.40. The number of fused-ring (bicyclic) bond motifs is 3. The van der Waals surface area contributed by atoms with Crippen molar-refractivity contribution in [3.8, 4) is 12.1 Å². The zero-order chi connectivity index (χ0) is 28.0. The van der Waals surface area contributed by atoms with Crippen LogP contribution in [0.3, 0.4) is 0 Å². The van der Waals surface area contributed by atoms with Gasteiger partial charge in [0, 0.05) is 30.0 Å². The second-order valence-electron chi connectivity index (χ2n) is 10.5. The lowest BCUT2D eigenvalue weighted by atomic mass is 9.86. The summed E-state index contributed by atoms with van der Waals surface area (Å²) in [6, 6.07) is 23.0. The van der Waals surface area contributed by atoms with E-state index in [0.717, 1.165) is 36.3 Å². The predicted octanol–water partition coefficient (Wildman–Crippen LogP) is 5.02. The van der Waals surface area contributed by atoms with Crippen molar-refractivity contribution in [2.45, 2.75) is 38.4 Å². The van der Waals surface area contributed by atoms with Crippen molar-refractivity contribution in [2.24, 2.45) is 0 Å². The molecule has 4 aromatic rings. The summed E-state index contributed by atoms with van der Waals surface area (Å²) in [6.45, 7) is 5.52. The van der Waals surface area contributed by atoms with Crippen LogP contribution < -0.4 is 15.1 Å². The highest BCUT2D eigenvalue weighted by molar-refractivity contribution is 5.94. The zero-order valence-electron chi connectivity index (χ0n) is 22.2. The number of carboxylic acid groups (broad SMARTS) is 1. The number of aromatic carboxylic acids is 1. The van der Waals surface area contributed by atoms with E-state index in [0.29, 0.717) is 33.8 Å². The first-order chi connectivity index (χ1) is 19.4. The number of carbonyl (C=O) groups is 1. The summed E-state index contributed by atoms with van der Waals surface area (Å²) in [4.78, 5) is 26.1. The summed E-state index contributed by atoms with van der Waals surface area (Å²) >= 11 is 0. The van der Waals surface area contributed by atoms with Crippen LogP contribution in [0.25, 0.3) is 11.0 Å². The molecule has 9 nitrogen and oxygen atoms in total. The number of piperidine rings is 1. The molecule has 40 heavy (non-hydrogen) atoms. The third kappa shape index (κ3) is 4.32. The minimum Gasteiger partial charge on any atom is -0.478 e. The first kappa shape index (κ1) is 25.1. The number of aromatic nitrogens is 2. The Bertz CT molecular complexity index is 1710. The van der Waals surface area contributed by atoms with Crippen LogP contribution in [0, 0.1) is 29.6 Å². The van der Waals surface area contributed by atoms with E-state index in [4.69, 9.17) is 15.2 Å². The molecule has 0 amide bonds. The van der Waals surface area contributed by atoms with Crippen molar-refractivity contribution in [3.05, 3.63) is 88.6 Å². The number of nitriles is 2. The van der Waals surface area contributed by atoms with Crippen LogP contribution in [0.2, 0.25) is 0 Å². The van der Waals surface area contributed by atoms with Crippen molar-refractivity contribution >= 4 is 34.2 Å². The first-order valence-electron chi connectivity index (χ1n) is 13.2. The summed E-state index contributed by atoms with van der Waals surface area (Å²) in [5.74, 6) is -0.400. The fourth-order valence-electron chi connectivity index (χ4n) is 5.93. The maximum Gasteiger partial charge on any atom is 0.337 e. The standard InChI is InChI=1S/C31H27N7O2/c1-18-11-25(19(2)34-26-6-4-3-5-24(26)31(39)40)29-27(12-18)35-28(15-33)30(36-29)38-22-13-23(38)17-37(16-22)21-9-7-20(14-32)8-10-21/h3-12,19,22-23,34H,13,16-17H2,1-2H3,(H,39,40)/t19-,22?,23?/m1/s1. The number of aryl methyl sites for hydroxylation is 1. The van der Waals surface area contributed by atoms with E-state index in [9.17, 15) is 15.2 Å². The fraction of sp³-hybridized carbons (Fsp3) is 0.258. The van der Waals surface area contributed by atoms with E-state index in [2.05, 4.69) is 27.3 Å². The van der Waals surface area contributed by atoms with Gasteiger partial charge in [-0.3, -0.25) is 0 Å². The van der Waals surface area contributed by atoms with Crippen LogP contribution in [-0.4, -0.2) is 46.2 Å². The molecule has 3 fully saturated rings. The lowest BCUT2D eigenvalue weighted by molar-refractivity contribution is 0.0698. The summed E-state index contributed by atoms with van der Waals surface area (Å²) in [5, 5.41) is 32.1. The molecule has 198 valence electrons. The van der Waals surface area contributed by atoms with Gasteiger partial charge in [0.15, 0.2) is 11.5 Å². The number of hydrogen-bond donors (Lipinski definition) is 2. The molecular weight excluding hydrogens is 502 g/mol. The first-order valence-corrected chi connectivity index (χ1v) is 13.2. The van der Waals surface area contributed by atoms with Gasteiger partial charge in [-0.05, 0) is 68.3 Å². The van der Waals surface area contributed by atoms with Crippen molar-refractivity contribution in [1.29, 1.82) is 10.5 Å². The Morgan fingerprint density at radius 2 is 1.77 bits per heavy atom. The van der Waals surface area contributed by atoms with Gasteiger partial charge >= 0.3 is 5.97 Å². The van der Waals surface area contributed by atoms with Crippen LogP contribution in [0.5, 0.6) is 0 Å². The zero-order valence-corrected chi connectivity index (χ0v) is 22.2. The van der Waals surface area contributed by atoms with E-state index >= 15 is 0 Å². The van der Waals surface area contributed by atoms with E-state index in [1.54, 1.807) is 24.3 Å². The quantitative estimate of drug-likeness (QED) is 0.354. The van der Waals surface area contributed by atoms with Crippen LogP contribution >= 0.6 is 0 Å². The highest BCUT2D eigenvalue weighted by Gasteiger charge is 2.46. The molecule has 0 aliphatic carbocycles. The third-order valence-corrected chi connectivity index (χ3v) is 7.83. The van der Waals surface area contributed by atoms with Crippen molar-refractivity contribution in [1.82, 2.24) is 9.97 Å². The Kier molecular flexibility index (Phi) is 6.20. The van der Waals surface area contributed by atoms with Gasteiger partial charge < -0.3 is 20.2 Å². The van der Waals surface area contributed by atoms with E-state index in [-0.39, 0.29) is 23.7 Å². The number of hydrogen-bond acceptors (Lipinski definition) is 8. The fourth-order valence-corrected chi connectivity index (χ4v) is 5.93. The molecule has 2 N–H and O–H groups in total. The van der Waals surface area contributed by atoms with Gasteiger partial charge in [-0.1, -0.05) is 18.2 Å². The second kappa shape index (κ2) is 9.87. The molecule has 3 aliphatic rings. The average molecular weight is 530 g/mol. The van der Waals surface area contributed by atoms with E-state index < -0.39 is 5.97 Å². The number of rotatable bonds is 6. The van der Waals surface area contributed by atoms with E-state index in [1.165, 1.54) is 0 Å². The Morgan fingerprint density at radius 3 is 2.45 bits per heavy atom. The molecule has 1 aromatic heterocycles. The van der Waals surface area contributed by atoms with Crippen molar-refractivity contribution < 1.29 is 9.90 Å². The maximum absolute atomic E-state index is 11.8. The molecule has 0 spiro atoms. The molecule has 0 saturated carbocycles. The summed E-state index contributed by atoms with van der Waals surface area (Å²) in [6.07, 6.45) is 1.02. The Labute approximate surface area is 231 Å². The molecule has 3 atom stereocenters. The SMILES string of the molecule is Cc1cc([C@@H](C)Nc2ccccc2C(=O)O)c2nc(N3C4CC3CN(c3ccc(C#N)cc3)C4)c(C#N)nc2c1. The van der Waals surface area contributed by atoms with Crippen LogP contribution in [0.15, 0.2) is 60.7 Å². The molecule has 0 radical (unpaired) electrons. The van der Waals surface area contributed by atoms with Crippen LogP contribution in [0.1, 0.15) is 52.1 Å². The molecule has 2 unspecified atom stereocenters. The van der Waals surface area contributed by atoms with Gasteiger partial charge in [0.2, 0.25) is 0 Å². The Balaban J connectivity index is 1.34. The third-order valence-electron chi connectivity index (χ3n) is 7.83. The number of carboxylic acids is 1. The lowest BCUT2D eigenvalue weighted by Gasteiger charge is -2.57. The molecule has 2 bridgehead atoms. The normalized spacial score (nSPS) is 18.4. The predicted molar refractivity (Wildman–Crippen MR) is 152 cm³/mol. The monoisotopic (exact) mass is 529 g/mol. The van der Waals surface area contributed by atoms with E-state index in [1.807, 2.05) is 50.2 Å². The molecule has 7 rings (SSSR count). The largest absolute Gasteiger partial charge is 0.478 e. The summed E-state index contributed by atoms with van der Waals surface area (Å²) < 4.78 is 0. The summed E-state index contributed by atoms with van der Waals surface area (Å²) in [7, 11) is 0. The van der Waals surface area contributed by atoms with Gasteiger partial charge in [0.25, 0.3) is 0 Å². The number of benzene rings is 3. The molecule has 3 saturated heterocycles. The second-order valence-corrected chi connectivity index (χ2v) is 10.5. The van der Waals surface area contributed by atoms with Gasteiger partial charge in [-0.2, -0.15) is 10.5 Å². The topological polar surface area (TPSA) is 129 Å². The molecule has 3 aromatic carbocycles. The number of para-hydroxylation sites is 1. The van der Waals surface area contributed by atoms with Crippen molar-refractivity contribution in [2.75, 3.05) is 28.2 Å². The number of nitrogens with one attached hydrogen (secondary N) is 1. The maximum atomic E-state index is 11.8. The number of anilines is 3. The molecule has 4 heterocycles. The number of nitrogens with zero attached hydrogens (tertiary/aromatic N) is 6.